The van der Waals surface area contributed by atoms with Gasteiger partial charge in [0.2, 0.25) is 11.8 Å². The Hall–Kier alpha value is -3.12. The lowest BCUT2D eigenvalue weighted by atomic mass is 9.99. The van der Waals surface area contributed by atoms with Gasteiger partial charge < -0.3 is 15.7 Å². The fourth-order valence-electron chi connectivity index (χ4n) is 3.30. The molecule has 0 atom stereocenters. The van der Waals surface area contributed by atoms with Gasteiger partial charge in [-0.1, -0.05) is 36.4 Å². The van der Waals surface area contributed by atoms with Crippen molar-refractivity contribution >= 4 is 23.1 Å². The third-order valence-corrected chi connectivity index (χ3v) is 4.84. The smallest absolute Gasteiger partial charge is 0.241 e. The first kappa shape index (κ1) is 19.6. The van der Waals surface area contributed by atoms with Crippen molar-refractivity contribution in [3.05, 3.63) is 66.2 Å². The molecule has 3 rings (SSSR count). The molecule has 0 bridgehead atoms. The summed E-state index contributed by atoms with van der Waals surface area (Å²) in [5.74, 6) is -0.216. The molecule has 1 aliphatic heterocycles. The highest BCUT2D eigenvalue weighted by Crippen LogP contribution is 2.24. The van der Waals surface area contributed by atoms with Gasteiger partial charge in [0.1, 0.15) is 5.75 Å². The zero-order chi connectivity index (χ0) is 19.9. The van der Waals surface area contributed by atoms with E-state index in [1.807, 2.05) is 42.5 Å². The zero-order valence-electron chi connectivity index (χ0n) is 15.8. The van der Waals surface area contributed by atoms with Crippen LogP contribution in [0.25, 0.3) is 5.57 Å². The van der Waals surface area contributed by atoms with E-state index in [0.717, 1.165) is 24.2 Å². The topological polar surface area (TPSA) is 86.9 Å². The minimum atomic E-state index is -0.423. The Labute approximate surface area is 164 Å². The molecule has 2 aromatic carbocycles. The zero-order valence-corrected chi connectivity index (χ0v) is 15.8. The number of carbonyl (C=O) groups excluding carboxylic acids is 2. The predicted octanol–water partition coefficient (Wildman–Crippen LogP) is 2.39. The molecule has 6 nitrogen and oxygen atoms in total. The molecule has 0 fully saturated rings. The van der Waals surface area contributed by atoms with Crippen molar-refractivity contribution in [3.8, 4) is 5.75 Å². The van der Waals surface area contributed by atoms with E-state index < -0.39 is 5.91 Å². The summed E-state index contributed by atoms with van der Waals surface area (Å²) in [6, 6.07) is 16.5. The number of amides is 2. The highest BCUT2D eigenvalue weighted by molar-refractivity contribution is 5.95. The SMILES string of the molecule is NC(=O)CCN(C(=O)CN1CC=C(c2ccc(O)cc2)CC1)c1ccccc1. The lowest BCUT2D eigenvalue weighted by Crippen LogP contribution is -2.43. The van der Waals surface area contributed by atoms with Crippen molar-refractivity contribution in [2.75, 3.05) is 31.1 Å². The Kier molecular flexibility index (Phi) is 6.45. The highest BCUT2D eigenvalue weighted by atomic mass is 16.3. The Morgan fingerprint density at radius 1 is 1.07 bits per heavy atom. The molecule has 2 amide bonds. The molecular weight excluding hydrogens is 354 g/mol. The average molecular weight is 379 g/mol. The highest BCUT2D eigenvalue weighted by Gasteiger charge is 2.21. The van der Waals surface area contributed by atoms with Gasteiger partial charge in [0.05, 0.1) is 6.54 Å². The van der Waals surface area contributed by atoms with E-state index >= 15 is 0 Å². The molecule has 0 aliphatic carbocycles. The van der Waals surface area contributed by atoms with Crippen molar-refractivity contribution < 1.29 is 14.7 Å². The molecule has 3 N–H and O–H groups in total. The first-order valence-electron chi connectivity index (χ1n) is 9.37. The lowest BCUT2D eigenvalue weighted by Gasteiger charge is -2.29. The van der Waals surface area contributed by atoms with Crippen molar-refractivity contribution in [3.63, 3.8) is 0 Å². The van der Waals surface area contributed by atoms with Crippen LogP contribution in [0.15, 0.2) is 60.7 Å². The van der Waals surface area contributed by atoms with Crippen LogP contribution in [-0.2, 0) is 9.59 Å². The number of carbonyl (C=O) groups is 2. The van der Waals surface area contributed by atoms with E-state index in [9.17, 15) is 14.7 Å². The van der Waals surface area contributed by atoms with Crippen LogP contribution in [-0.4, -0.2) is 48.0 Å². The van der Waals surface area contributed by atoms with E-state index in [-0.39, 0.29) is 31.2 Å². The van der Waals surface area contributed by atoms with E-state index in [1.54, 1.807) is 17.0 Å². The first-order valence-corrected chi connectivity index (χ1v) is 9.37. The molecule has 28 heavy (non-hydrogen) atoms. The van der Waals surface area contributed by atoms with Crippen LogP contribution in [0.3, 0.4) is 0 Å². The van der Waals surface area contributed by atoms with E-state index in [1.165, 1.54) is 5.57 Å². The molecule has 0 unspecified atom stereocenters. The Morgan fingerprint density at radius 2 is 1.79 bits per heavy atom. The normalized spacial score (nSPS) is 14.4. The molecular formula is C22H25N3O3. The largest absolute Gasteiger partial charge is 0.508 e. The van der Waals surface area contributed by atoms with Crippen LogP contribution in [0.2, 0.25) is 0 Å². The standard InChI is InChI=1S/C22H25N3O3/c23-21(27)12-15-25(19-4-2-1-3-5-19)22(28)16-24-13-10-18(11-14-24)17-6-8-20(26)9-7-17/h1-10,26H,11-16H2,(H2,23,27). The van der Waals surface area contributed by atoms with Gasteiger partial charge in [-0.2, -0.15) is 0 Å². The summed E-state index contributed by atoms with van der Waals surface area (Å²) in [5, 5.41) is 9.42. The second-order valence-corrected chi connectivity index (χ2v) is 6.86. The number of aromatic hydroxyl groups is 1. The maximum Gasteiger partial charge on any atom is 0.241 e. The van der Waals surface area contributed by atoms with Gasteiger partial charge in [0.15, 0.2) is 0 Å². The van der Waals surface area contributed by atoms with Crippen molar-refractivity contribution in [2.24, 2.45) is 5.73 Å². The minimum Gasteiger partial charge on any atom is -0.508 e. The molecule has 1 heterocycles. The van der Waals surface area contributed by atoms with Crippen LogP contribution in [0.5, 0.6) is 5.75 Å². The number of nitrogens with zero attached hydrogens (tertiary/aromatic N) is 2. The molecule has 0 spiro atoms. The maximum atomic E-state index is 12.9. The predicted molar refractivity (Wildman–Crippen MR) is 110 cm³/mol. The van der Waals surface area contributed by atoms with Gasteiger partial charge in [0, 0.05) is 31.7 Å². The number of rotatable bonds is 7. The van der Waals surface area contributed by atoms with Crippen molar-refractivity contribution in [1.82, 2.24) is 4.90 Å². The summed E-state index contributed by atoms with van der Waals surface area (Å²) in [6.45, 7) is 2.02. The summed E-state index contributed by atoms with van der Waals surface area (Å²) in [7, 11) is 0. The third kappa shape index (κ3) is 5.20. The summed E-state index contributed by atoms with van der Waals surface area (Å²) < 4.78 is 0. The lowest BCUT2D eigenvalue weighted by molar-refractivity contribution is -0.120. The number of hydrogen-bond acceptors (Lipinski definition) is 4. The average Bonchev–Trinajstić information content (AvgIpc) is 2.70. The number of phenols is 1. The van der Waals surface area contributed by atoms with Gasteiger partial charge >= 0.3 is 0 Å². The molecule has 0 radical (unpaired) electrons. The van der Waals surface area contributed by atoms with Gasteiger partial charge in [0.25, 0.3) is 0 Å². The summed E-state index contributed by atoms with van der Waals surface area (Å²) in [4.78, 5) is 27.8. The van der Waals surface area contributed by atoms with Crippen LogP contribution < -0.4 is 10.6 Å². The molecule has 0 saturated heterocycles. The first-order chi connectivity index (χ1) is 13.5. The number of para-hydroxylation sites is 1. The number of hydrogen-bond donors (Lipinski definition) is 2. The second-order valence-electron chi connectivity index (χ2n) is 6.86. The molecule has 146 valence electrons. The molecule has 2 aromatic rings. The second kappa shape index (κ2) is 9.19. The monoisotopic (exact) mass is 379 g/mol. The van der Waals surface area contributed by atoms with Crippen molar-refractivity contribution in [2.45, 2.75) is 12.8 Å². The number of primary amides is 1. The fraction of sp³-hybridized carbons (Fsp3) is 0.273. The molecule has 1 aliphatic rings. The summed E-state index contributed by atoms with van der Waals surface area (Å²) in [6.07, 6.45) is 3.09. The van der Waals surface area contributed by atoms with Crippen LogP contribution in [0.1, 0.15) is 18.4 Å². The van der Waals surface area contributed by atoms with Crippen molar-refractivity contribution in [1.29, 1.82) is 0 Å². The fourth-order valence-corrected chi connectivity index (χ4v) is 3.30. The maximum absolute atomic E-state index is 12.9. The Balaban J connectivity index is 1.64. The van der Waals surface area contributed by atoms with Crippen LogP contribution >= 0.6 is 0 Å². The van der Waals surface area contributed by atoms with E-state index in [4.69, 9.17) is 5.73 Å². The molecule has 0 aromatic heterocycles. The minimum absolute atomic E-state index is 0.0473. The summed E-state index contributed by atoms with van der Waals surface area (Å²) >= 11 is 0. The Bertz CT molecular complexity index is 847. The van der Waals surface area contributed by atoms with E-state index in [0.29, 0.717) is 6.54 Å². The van der Waals surface area contributed by atoms with E-state index in [2.05, 4.69) is 11.0 Å². The quantitative estimate of drug-likeness (QED) is 0.773. The summed E-state index contributed by atoms with van der Waals surface area (Å²) in [5.41, 5.74) is 8.36. The molecule has 0 saturated carbocycles. The van der Waals surface area contributed by atoms with Crippen LogP contribution in [0.4, 0.5) is 5.69 Å². The van der Waals surface area contributed by atoms with Crippen LogP contribution in [0, 0.1) is 0 Å². The van der Waals surface area contributed by atoms with Gasteiger partial charge in [-0.15, -0.1) is 0 Å². The molecule has 6 heteroatoms. The third-order valence-electron chi connectivity index (χ3n) is 4.84. The number of nitrogens with two attached hydrogens (primary N) is 1. The number of phenolic OH excluding ortho intramolecular Hbond substituents is 1. The number of anilines is 1. The van der Waals surface area contributed by atoms with Gasteiger partial charge in [-0.05, 0) is 41.8 Å². The van der Waals surface area contributed by atoms with Gasteiger partial charge in [-0.25, -0.2) is 0 Å². The van der Waals surface area contributed by atoms with Gasteiger partial charge in [-0.3, -0.25) is 14.5 Å². The number of benzene rings is 2. The Morgan fingerprint density at radius 3 is 2.39 bits per heavy atom.